The van der Waals surface area contributed by atoms with Crippen molar-refractivity contribution in [2.45, 2.75) is 4.90 Å². The number of H-pyrrole nitrogens is 1. The molecule has 3 aromatic rings. The number of aromatic amines is 1. The van der Waals surface area contributed by atoms with E-state index in [-0.39, 0.29) is 4.90 Å². The second kappa shape index (κ2) is 5.75. The van der Waals surface area contributed by atoms with Gasteiger partial charge in [0.2, 0.25) is 10.0 Å². The minimum atomic E-state index is -3.75. The lowest BCUT2D eigenvalue weighted by molar-refractivity contribution is 0.262. The zero-order valence-corrected chi connectivity index (χ0v) is 12.7. The molecule has 0 radical (unpaired) electrons. The van der Waals surface area contributed by atoms with E-state index >= 15 is 0 Å². The summed E-state index contributed by atoms with van der Waals surface area (Å²) in [5.74, 6) is 0. The molecule has 5 N–H and O–H groups in total. The van der Waals surface area contributed by atoms with Crippen LogP contribution in [0.5, 0.6) is 0 Å². The molecule has 0 saturated carbocycles. The standard InChI is InChI=1S/C15H14N4O3S/c16-23(21,22)11-7-5-10(6-8-11)18-15(20)19-14-9-17-13-4-2-1-3-12(13)14/h1-9,17H,(H2,16,21,22)(H2,18,19,20). The Hall–Kier alpha value is -2.84. The van der Waals surface area contributed by atoms with E-state index < -0.39 is 16.1 Å². The van der Waals surface area contributed by atoms with E-state index in [1.54, 1.807) is 6.20 Å². The monoisotopic (exact) mass is 330 g/mol. The summed E-state index contributed by atoms with van der Waals surface area (Å²) < 4.78 is 22.4. The molecule has 2 amide bonds. The number of amides is 2. The van der Waals surface area contributed by atoms with Gasteiger partial charge in [-0.1, -0.05) is 18.2 Å². The number of hydrogen-bond donors (Lipinski definition) is 4. The Balaban J connectivity index is 1.72. The number of nitrogens with one attached hydrogen (secondary N) is 3. The molecule has 0 spiro atoms. The fourth-order valence-corrected chi connectivity index (χ4v) is 2.70. The van der Waals surface area contributed by atoms with E-state index in [9.17, 15) is 13.2 Å². The topological polar surface area (TPSA) is 117 Å². The normalized spacial score (nSPS) is 11.3. The molecule has 2 aromatic carbocycles. The molecule has 0 atom stereocenters. The Morgan fingerprint density at radius 2 is 1.70 bits per heavy atom. The second-order valence-corrected chi connectivity index (χ2v) is 6.46. The minimum absolute atomic E-state index is 0.0138. The average Bonchev–Trinajstić information content (AvgIpc) is 2.90. The quantitative estimate of drug-likeness (QED) is 0.591. The summed E-state index contributed by atoms with van der Waals surface area (Å²) in [6.45, 7) is 0. The van der Waals surface area contributed by atoms with Crippen molar-refractivity contribution in [3.63, 3.8) is 0 Å². The van der Waals surface area contributed by atoms with E-state index in [4.69, 9.17) is 5.14 Å². The Morgan fingerprint density at radius 1 is 1.00 bits per heavy atom. The van der Waals surface area contributed by atoms with Crippen molar-refractivity contribution in [1.82, 2.24) is 4.98 Å². The first kappa shape index (κ1) is 15.1. The summed E-state index contributed by atoms with van der Waals surface area (Å²) >= 11 is 0. The van der Waals surface area contributed by atoms with Gasteiger partial charge in [-0.05, 0) is 30.3 Å². The molecule has 8 heteroatoms. The molecule has 0 fully saturated rings. The summed E-state index contributed by atoms with van der Waals surface area (Å²) in [4.78, 5) is 15.1. The van der Waals surface area contributed by atoms with Gasteiger partial charge in [0.1, 0.15) is 0 Å². The van der Waals surface area contributed by atoms with Gasteiger partial charge in [-0.3, -0.25) is 0 Å². The molecule has 0 aliphatic rings. The maximum atomic E-state index is 12.0. The van der Waals surface area contributed by atoms with Crippen molar-refractivity contribution in [3.05, 3.63) is 54.7 Å². The number of hydrogen-bond acceptors (Lipinski definition) is 3. The summed E-state index contributed by atoms with van der Waals surface area (Å²) in [6, 6.07) is 12.7. The van der Waals surface area contributed by atoms with Crippen LogP contribution in [0, 0.1) is 0 Å². The molecular weight excluding hydrogens is 316 g/mol. The van der Waals surface area contributed by atoms with E-state index in [0.717, 1.165) is 10.9 Å². The fourth-order valence-electron chi connectivity index (χ4n) is 2.19. The molecule has 0 aliphatic heterocycles. The summed E-state index contributed by atoms with van der Waals surface area (Å²) in [5, 5.41) is 11.3. The van der Waals surface area contributed by atoms with Crippen LogP contribution in [0.4, 0.5) is 16.2 Å². The number of urea groups is 1. The lowest BCUT2D eigenvalue weighted by Gasteiger charge is -2.07. The number of fused-ring (bicyclic) bond motifs is 1. The van der Waals surface area contributed by atoms with Gasteiger partial charge in [0.25, 0.3) is 0 Å². The van der Waals surface area contributed by atoms with Crippen LogP contribution in [0.15, 0.2) is 59.6 Å². The van der Waals surface area contributed by atoms with Crippen molar-refractivity contribution in [2.24, 2.45) is 5.14 Å². The van der Waals surface area contributed by atoms with Crippen molar-refractivity contribution < 1.29 is 13.2 Å². The van der Waals surface area contributed by atoms with E-state index in [1.807, 2.05) is 24.3 Å². The maximum absolute atomic E-state index is 12.0. The first-order valence-corrected chi connectivity index (χ1v) is 8.25. The van der Waals surface area contributed by atoms with Crippen LogP contribution < -0.4 is 15.8 Å². The number of benzene rings is 2. The molecule has 1 heterocycles. The van der Waals surface area contributed by atoms with Crippen LogP contribution in [0.2, 0.25) is 0 Å². The second-order valence-electron chi connectivity index (χ2n) is 4.90. The zero-order chi connectivity index (χ0) is 16.4. The number of primary sulfonamides is 1. The molecule has 0 unspecified atom stereocenters. The first-order valence-electron chi connectivity index (χ1n) is 6.70. The van der Waals surface area contributed by atoms with Gasteiger partial charge in [-0.25, -0.2) is 18.4 Å². The van der Waals surface area contributed by atoms with Gasteiger partial charge >= 0.3 is 6.03 Å². The Kier molecular flexibility index (Phi) is 3.77. The van der Waals surface area contributed by atoms with Gasteiger partial charge in [0.15, 0.2) is 0 Å². The summed E-state index contributed by atoms with van der Waals surface area (Å²) in [7, 11) is -3.75. The van der Waals surface area contributed by atoms with Crippen LogP contribution in [0.1, 0.15) is 0 Å². The van der Waals surface area contributed by atoms with E-state index in [2.05, 4.69) is 15.6 Å². The summed E-state index contributed by atoms with van der Waals surface area (Å²) in [5.41, 5.74) is 2.02. The van der Waals surface area contributed by atoms with Crippen LogP contribution in [-0.4, -0.2) is 19.4 Å². The van der Waals surface area contributed by atoms with Gasteiger partial charge < -0.3 is 15.6 Å². The largest absolute Gasteiger partial charge is 0.359 e. The number of anilines is 2. The smallest absolute Gasteiger partial charge is 0.323 e. The number of rotatable bonds is 3. The van der Waals surface area contributed by atoms with E-state index in [0.29, 0.717) is 11.4 Å². The number of carbonyl (C=O) groups excluding carboxylic acids is 1. The number of aromatic nitrogens is 1. The number of carbonyl (C=O) groups is 1. The van der Waals surface area contributed by atoms with Gasteiger partial charge in [0.05, 0.1) is 10.6 Å². The highest BCUT2D eigenvalue weighted by Crippen LogP contribution is 2.22. The molecular formula is C15H14N4O3S. The molecule has 23 heavy (non-hydrogen) atoms. The SMILES string of the molecule is NS(=O)(=O)c1ccc(NC(=O)Nc2c[nH]c3ccccc23)cc1. The Bertz CT molecular complexity index is 962. The average molecular weight is 330 g/mol. The van der Waals surface area contributed by atoms with Crippen molar-refractivity contribution in [3.8, 4) is 0 Å². The molecule has 0 aliphatic carbocycles. The highest BCUT2D eigenvalue weighted by Gasteiger charge is 2.09. The lowest BCUT2D eigenvalue weighted by atomic mass is 10.2. The van der Waals surface area contributed by atoms with Gasteiger partial charge in [-0.15, -0.1) is 0 Å². The molecule has 0 bridgehead atoms. The molecule has 7 nitrogen and oxygen atoms in total. The number of sulfonamides is 1. The van der Waals surface area contributed by atoms with Crippen molar-refractivity contribution in [1.29, 1.82) is 0 Å². The van der Waals surface area contributed by atoms with Crippen LogP contribution in [0.25, 0.3) is 10.9 Å². The number of para-hydroxylation sites is 1. The van der Waals surface area contributed by atoms with Crippen molar-refractivity contribution in [2.75, 3.05) is 10.6 Å². The molecule has 1 aromatic heterocycles. The van der Waals surface area contributed by atoms with Crippen LogP contribution in [-0.2, 0) is 10.0 Å². The maximum Gasteiger partial charge on any atom is 0.323 e. The third-order valence-electron chi connectivity index (χ3n) is 3.28. The lowest BCUT2D eigenvalue weighted by Crippen LogP contribution is -2.19. The van der Waals surface area contributed by atoms with Crippen LogP contribution in [0.3, 0.4) is 0 Å². The predicted octanol–water partition coefficient (Wildman–Crippen LogP) is 2.46. The van der Waals surface area contributed by atoms with Gasteiger partial charge in [0, 0.05) is 22.8 Å². The fraction of sp³-hybridized carbons (Fsp3) is 0. The number of nitrogens with two attached hydrogens (primary N) is 1. The molecule has 118 valence electrons. The summed E-state index contributed by atoms with van der Waals surface area (Å²) in [6.07, 6.45) is 1.70. The van der Waals surface area contributed by atoms with Gasteiger partial charge in [-0.2, -0.15) is 0 Å². The first-order chi connectivity index (χ1) is 10.9. The Labute approximate surface area is 132 Å². The third-order valence-corrected chi connectivity index (χ3v) is 4.21. The van der Waals surface area contributed by atoms with E-state index in [1.165, 1.54) is 24.3 Å². The predicted molar refractivity (Wildman–Crippen MR) is 88.8 cm³/mol. The zero-order valence-electron chi connectivity index (χ0n) is 11.9. The van der Waals surface area contributed by atoms with Crippen LogP contribution >= 0.6 is 0 Å². The Morgan fingerprint density at radius 3 is 2.39 bits per heavy atom. The molecule has 0 saturated heterocycles. The highest BCUT2D eigenvalue weighted by molar-refractivity contribution is 7.89. The van der Waals surface area contributed by atoms with Crippen molar-refractivity contribution >= 4 is 38.3 Å². The minimum Gasteiger partial charge on any atom is -0.359 e. The third kappa shape index (κ3) is 3.33. The molecule has 3 rings (SSSR count). The highest BCUT2D eigenvalue weighted by atomic mass is 32.2.